The third-order valence-corrected chi connectivity index (χ3v) is 4.34. The fourth-order valence-corrected chi connectivity index (χ4v) is 3.21. The molecular weight excluding hydrogens is 262 g/mol. The molecule has 1 aliphatic rings. The van der Waals surface area contributed by atoms with E-state index in [1.165, 1.54) is 7.11 Å². The van der Waals surface area contributed by atoms with Crippen LogP contribution in [0.4, 0.5) is 0 Å². The van der Waals surface area contributed by atoms with Gasteiger partial charge in [0.25, 0.3) is 0 Å². The molecule has 0 spiro atoms. The Bertz CT molecular complexity index is 460. The second-order valence-electron chi connectivity index (χ2n) is 5.54. The Kier molecular flexibility index (Phi) is 4.16. The molecule has 19 heavy (non-hydrogen) atoms. The Morgan fingerprint density at radius 1 is 1.42 bits per heavy atom. The molecule has 0 bridgehead atoms. The minimum Gasteiger partial charge on any atom is -0.469 e. The van der Waals surface area contributed by atoms with Gasteiger partial charge in [0, 0.05) is 17.5 Å². The summed E-state index contributed by atoms with van der Waals surface area (Å²) in [7, 11) is 3.50. The molecule has 4 heteroatoms. The Balaban J connectivity index is 2.35. The largest absolute Gasteiger partial charge is 0.469 e. The first-order chi connectivity index (χ1) is 8.97. The summed E-state index contributed by atoms with van der Waals surface area (Å²) in [6.07, 6.45) is 0.948. The number of likely N-dealkylation sites (tertiary alicyclic amines) is 1. The number of esters is 1. The maximum absolute atomic E-state index is 12.2. The second-order valence-corrected chi connectivity index (χ2v) is 5.98. The molecule has 0 aliphatic carbocycles. The van der Waals surface area contributed by atoms with Gasteiger partial charge >= 0.3 is 5.97 Å². The maximum Gasteiger partial charge on any atom is 0.313 e. The van der Waals surface area contributed by atoms with E-state index in [0.29, 0.717) is 6.54 Å². The van der Waals surface area contributed by atoms with E-state index < -0.39 is 5.41 Å². The van der Waals surface area contributed by atoms with Crippen molar-refractivity contribution in [3.63, 3.8) is 0 Å². The van der Waals surface area contributed by atoms with Gasteiger partial charge in [0.15, 0.2) is 0 Å². The number of ether oxygens (including phenoxy) is 1. The Morgan fingerprint density at radius 2 is 2.05 bits per heavy atom. The van der Waals surface area contributed by atoms with Crippen LogP contribution in [0.3, 0.4) is 0 Å². The van der Waals surface area contributed by atoms with Gasteiger partial charge in [0.1, 0.15) is 0 Å². The number of rotatable bonds is 2. The van der Waals surface area contributed by atoms with E-state index in [0.717, 1.165) is 23.6 Å². The molecule has 104 valence electrons. The quantitative estimate of drug-likeness (QED) is 0.781. The number of hydrogen-bond acceptors (Lipinski definition) is 3. The predicted octanol–water partition coefficient (Wildman–Crippen LogP) is 2.94. The maximum atomic E-state index is 12.2. The number of halogens is 1. The van der Waals surface area contributed by atoms with Gasteiger partial charge in [-0.2, -0.15) is 0 Å². The minimum atomic E-state index is -0.504. The molecule has 1 fully saturated rings. The first kappa shape index (κ1) is 14.4. The van der Waals surface area contributed by atoms with Gasteiger partial charge < -0.3 is 9.64 Å². The second kappa shape index (κ2) is 5.51. The molecule has 1 aromatic carbocycles. The van der Waals surface area contributed by atoms with Crippen molar-refractivity contribution >= 4 is 17.6 Å². The summed E-state index contributed by atoms with van der Waals surface area (Å²) in [5, 5.41) is 0.719. The molecule has 0 radical (unpaired) electrons. The summed E-state index contributed by atoms with van der Waals surface area (Å²) in [4.78, 5) is 14.4. The van der Waals surface area contributed by atoms with Crippen LogP contribution in [0, 0.1) is 5.41 Å². The molecule has 1 aliphatic heterocycles. The SMILES string of the molecule is COC(=O)[C@]1(C)CN(C)CC[C@@H]1c1ccc(Cl)cc1. The van der Waals surface area contributed by atoms with Crippen LogP contribution in [-0.2, 0) is 9.53 Å². The van der Waals surface area contributed by atoms with Gasteiger partial charge in [0.2, 0.25) is 0 Å². The third kappa shape index (κ3) is 2.77. The van der Waals surface area contributed by atoms with Gasteiger partial charge in [-0.1, -0.05) is 23.7 Å². The van der Waals surface area contributed by atoms with Crippen LogP contribution in [0.5, 0.6) is 0 Å². The molecular formula is C15H20ClNO2. The molecule has 0 saturated carbocycles. The molecule has 0 N–H and O–H groups in total. The summed E-state index contributed by atoms with van der Waals surface area (Å²) in [5.41, 5.74) is 0.653. The van der Waals surface area contributed by atoms with Gasteiger partial charge in [-0.15, -0.1) is 0 Å². The van der Waals surface area contributed by atoms with Crippen LogP contribution in [0.1, 0.15) is 24.8 Å². The van der Waals surface area contributed by atoms with Crippen molar-refractivity contribution in [1.82, 2.24) is 4.90 Å². The number of piperidine rings is 1. The average Bonchev–Trinajstić information content (AvgIpc) is 2.39. The third-order valence-electron chi connectivity index (χ3n) is 4.09. The van der Waals surface area contributed by atoms with Gasteiger partial charge in [-0.25, -0.2) is 0 Å². The minimum absolute atomic E-state index is 0.140. The molecule has 2 rings (SSSR count). The number of carbonyl (C=O) groups is 1. The van der Waals surface area contributed by atoms with E-state index in [9.17, 15) is 4.79 Å². The zero-order valence-corrected chi connectivity index (χ0v) is 12.4. The summed E-state index contributed by atoms with van der Waals surface area (Å²) in [5.74, 6) is 0.0346. The zero-order chi connectivity index (χ0) is 14.0. The van der Waals surface area contributed by atoms with Crippen LogP contribution in [0.25, 0.3) is 0 Å². The molecule has 1 heterocycles. The lowest BCUT2D eigenvalue weighted by Crippen LogP contribution is -2.49. The average molecular weight is 282 g/mol. The molecule has 0 aromatic heterocycles. The normalized spacial score (nSPS) is 28.1. The monoisotopic (exact) mass is 281 g/mol. The van der Waals surface area contributed by atoms with E-state index in [-0.39, 0.29) is 11.9 Å². The summed E-state index contributed by atoms with van der Waals surface area (Å²) in [6, 6.07) is 7.79. The smallest absolute Gasteiger partial charge is 0.313 e. The fourth-order valence-electron chi connectivity index (χ4n) is 3.09. The van der Waals surface area contributed by atoms with Crippen molar-refractivity contribution < 1.29 is 9.53 Å². The molecule has 3 nitrogen and oxygen atoms in total. The number of nitrogens with zero attached hydrogens (tertiary/aromatic N) is 1. The lowest BCUT2D eigenvalue weighted by molar-refractivity contribution is -0.156. The van der Waals surface area contributed by atoms with Crippen LogP contribution >= 0.6 is 11.6 Å². The van der Waals surface area contributed by atoms with E-state index >= 15 is 0 Å². The van der Waals surface area contributed by atoms with E-state index in [2.05, 4.69) is 4.90 Å². The lowest BCUT2D eigenvalue weighted by atomic mass is 9.69. The summed E-state index contributed by atoms with van der Waals surface area (Å²) < 4.78 is 5.02. The Labute approximate surface area is 119 Å². The van der Waals surface area contributed by atoms with E-state index in [1.54, 1.807) is 0 Å². The fraction of sp³-hybridized carbons (Fsp3) is 0.533. The summed E-state index contributed by atoms with van der Waals surface area (Å²) in [6.45, 7) is 3.70. The molecule has 0 amide bonds. The highest BCUT2D eigenvalue weighted by atomic mass is 35.5. The van der Waals surface area contributed by atoms with Crippen molar-refractivity contribution in [3.05, 3.63) is 34.9 Å². The highest BCUT2D eigenvalue weighted by Gasteiger charge is 2.46. The van der Waals surface area contributed by atoms with Crippen molar-refractivity contribution in [1.29, 1.82) is 0 Å². The number of methoxy groups -OCH3 is 1. The highest BCUT2D eigenvalue weighted by Crippen LogP contribution is 2.43. The first-order valence-corrected chi connectivity index (χ1v) is 6.87. The standard InChI is InChI=1S/C15H20ClNO2/c1-15(14(18)19-3)10-17(2)9-8-13(15)11-4-6-12(16)7-5-11/h4-7,13H,8-10H2,1-3H3/t13-,15-/m1/s1. The van der Waals surface area contributed by atoms with Gasteiger partial charge in [0.05, 0.1) is 12.5 Å². The predicted molar refractivity (Wildman–Crippen MR) is 76.4 cm³/mol. The van der Waals surface area contributed by atoms with Crippen LogP contribution in [-0.4, -0.2) is 38.1 Å². The number of benzene rings is 1. The lowest BCUT2D eigenvalue weighted by Gasteiger charge is -2.43. The Hall–Kier alpha value is -1.06. The summed E-state index contributed by atoms with van der Waals surface area (Å²) >= 11 is 5.93. The van der Waals surface area contributed by atoms with Crippen molar-refractivity contribution in [2.45, 2.75) is 19.3 Å². The Morgan fingerprint density at radius 3 is 2.63 bits per heavy atom. The molecule has 1 aromatic rings. The van der Waals surface area contributed by atoms with Crippen LogP contribution in [0.2, 0.25) is 5.02 Å². The van der Waals surface area contributed by atoms with Crippen molar-refractivity contribution in [2.24, 2.45) is 5.41 Å². The van der Waals surface area contributed by atoms with Gasteiger partial charge in [-0.3, -0.25) is 4.79 Å². The van der Waals surface area contributed by atoms with Crippen molar-refractivity contribution in [2.75, 3.05) is 27.2 Å². The topological polar surface area (TPSA) is 29.5 Å². The molecule has 2 atom stereocenters. The number of carbonyl (C=O) groups excluding carboxylic acids is 1. The molecule has 0 unspecified atom stereocenters. The van der Waals surface area contributed by atoms with Crippen LogP contribution < -0.4 is 0 Å². The highest BCUT2D eigenvalue weighted by molar-refractivity contribution is 6.30. The van der Waals surface area contributed by atoms with Gasteiger partial charge in [-0.05, 0) is 44.6 Å². The van der Waals surface area contributed by atoms with Crippen LogP contribution in [0.15, 0.2) is 24.3 Å². The number of hydrogen-bond donors (Lipinski definition) is 0. The zero-order valence-electron chi connectivity index (χ0n) is 11.6. The van der Waals surface area contributed by atoms with Crippen molar-refractivity contribution in [3.8, 4) is 0 Å². The van der Waals surface area contributed by atoms with E-state index in [1.807, 2.05) is 38.2 Å². The first-order valence-electron chi connectivity index (χ1n) is 6.50. The molecule has 1 saturated heterocycles. The van der Waals surface area contributed by atoms with E-state index in [4.69, 9.17) is 16.3 Å².